The van der Waals surface area contributed by atoms with Crippen molar-refractivity contribution < 1.29 is 9.47 Å². The average Bonchev–Trinajstić information content (AvgIpc) is 3.25. The Balaban J connectivity index is 1.72. The molecule has 0 spiro atoms. The summed E-state index contributed by atoms with van der Waals surface area (Å²) in [5, 5.41) is 3.52. The Hall–Kier alpha value is -2.01. The van der Waals surface area contributed by atoms with Gasteiger partial charge in [0.1, 0.15) is 0 Å². The zero-order chi connectivity index (χ0) is 14.7. The molecular weight excluding hydrogens is 266 g/mol. The van der Waals surface area contributed by atoms with Crippen LogP contribution in [0.1, 0.15) is 24.1 Å². The molecule has 1 aliphatic rings. The summed E-state index contributed by atoms with van der Waals surface area (Å²) in [6, 6.07) is 6.71. The van der Waals surface area contributed by atoms with E-state index in [1.54, 1.807) is 14.2 Å². The third-order valence-electron chi connectivity index (χ3n) is 3.75. The second-order valence-corrected chi connectivity index (χ2v) is 5.36. The van der Waals surface area contributed by atoms with E-state index in [1.165, 1.54) is 24.1 Å². The van der Waals surface area contributed by atoms with Gasteiger partial charge in [0.05, 0.1) is 26.2 Å². The Bertz CT molecular complexity index is 605. The van der Waals surface area contributed by atoms with Gasteiger partial charge in [-0.05, 0) is 30.5 Å². The highest BCUT2D eigenvalue weighted by Crippen LogP contribution is 2.28. The van der Waals surface area contributed by atoms with E-state index in [0.717, 1.165) is 24.6 Å². The van der Waals surface area contributed by atoms with Crippen LogP contribution in [0.3, 0.4) is 0 Å². The van der Waals surface area contributed by atoms with Gasteiger partial charge in [-0.2, -0.15) is 0 Å². The molecule has 0 saturated heterocycles. The smallest absolute Gasteiger partial charge is 0.161 e. The highest BCUT2D eigenvalue weighted by Gasteiger charge is 2.20. The molecule has 0 bridgehead atoms. The Labute approximate surface area is 124 Å². The number of ether oxygens (including phenoxy) is 2. The van der Waals surface area contributed by atoms with Gasteiger partial charge in [-0.3, -0.25) is 0 Å². The summed E-state index contributed by atoms with van der Waals surface area (Å²) in [4.78, 5) is 4.26. The molecule has 1 N–H and O–H groups in total. The molecule has 0 unspecified atom stereocenters. The van der Waals surface area contributed by atoms with Gasteiger partial charge in [-0.1, -0.05) is 6.07 Å². The first-order chi connectivity index (χ1) is 10.3. The van der Waals surface area contributed by atoms with Gasteiger partial charge < -0.3 is 19.4 Å². The first-order valence-corrected chi connectivity index (χ1v) is 7.23. The maximum Gasteiger partial charge on any atom is 0.161 e. The van der Waals surface area contributed by atoms with Crippen LogP contribution < -0.4 is 14.8 Å². The Morgan fingerprint density at radius 3 is 2.76 bits per heavy atom. The first-order valence-electron chi connectivity index (χ1n) is 7.23. The molecule has 1 saturated carbocycles. The van der Waals surface area contributed by atoms with Gasteiger partial charge >= 0.3 is 0 Å². The van der Waals surface area contributed by atoms with E-state index in [9.17, 15) is 0 Å². The molecule has 1 fully saturated rings. The van der Waals surface area contributed by atoms with Gasteiger partial charge in [-0.25, -0.2) is 4.98 Å². The van der Waals surface area contributed by atoms with Crippen LogP contribution in [-0.4, -0.2) is 29.8 Å². The third kappa shape index (κ3) is 3.36. The molecule has 3 rings (SSSR count). The number of nitrogens with zero attached hydrogens (tertiary/aromatic N) is 2. The highest BCUT2D eigenvalue weighted by atomic mass is 16.5. The van der Waals surface area contributed by atoms with Crippen molar-refractivity contribution in [2.75, 3.05) is 14.2 Å². The van der Waals surface area contributed by atoms with Crippen molar-refractivity contribution in [3.8, 4) is 11.5 Å². The van der Waals surface area contributed by atoms with Crippen molar-refractivity contribution >= 4 is 0 Å². The molecule has 1 heterocycles. The fourth-order valence-electron chi connectivity index (χ4n) is 2.35. The van der Waals surface area contributed by atoms with Crippen LogP contribution in [0.2, 0.25) is 0 Å². The van der Waals surface area contributed by atoms with Crippen molar-refractivity contribution in [3.63, 3.8) is 0 Å². The van der Waals surface area contributed by atoms with Crippen LogP contribution in [0, 0.1) is 0 Å². The average molecular weight is 287 g/mol. The molecular formula is C16H21N3O2. The van der Waals surface area contributed by atoms with E-state index >= 15 is 0 Å². The molecule has 1 aliphatic carbocycles. The van der Waals surface area contributed by atoms with E-state index in [4.69, 9.17) is 9.47 Å². The van der Waals surface area contributed by atoms with E-state index in [2.05, 4.69) is 20.9 Å². The summed E-state index contributed by atoms with van der Waals surface area (Å²) in [5.41, 5.74) is 2.37. The number of aromatic nitrogens is 2. The lowest BCUT2D eigenvalue weighted by Gasteiger charge is -2.12. The molecule has 0 amide bonds. The molecule has 0 aliphatic heterocycles. The van der Waals surface area contributed by atoms with Crippen molar-refractivity contribution in [3.05, 3.63) is 42.0 Å². The van der Waals surface area contributed by atoms with E-state index in [0.29, 0.717) is 6.04 Å². The number of nitrogens with one attached hydrogen (secondary N) is 1. The van der Waals surface area contributed by atoms with Crippen molar-refractivity contribution in [2.45, 2.75) is 32.0 Å². The lowest BCUT2D eigenvalue weighted by atomic mass is 10.2. The molecule has 0 atom stereocenters. The van der Waals surface area contributed by atoms with Crippen LogP contribution in [0.4, 0.5) is 0 Å². The fraction of sp³-hybridized carbons (Fsp3) is 0.438. The van der Waals surface area contributed by atoms with Gasteiger partial charge in [-0.15, -0.1) is 0 Å². The molecule has 5 nitrogen and oxygen atoms in total. The fourth-order valence-corrected chi connectivity index (χ4v) is 2.35. The summed E-state index contributed by atoms with van der Waals surface area (Å²) in [5.74, 6) is 1.51. The minimum atomic E-state index is 0.703. The van der Waals surface area contributed by atoms with Crippen molar-refractivity contribution in [2.24, 2.45) is 0 Å². The summed E-state index contributed by atoms with van der Waals surface area (Å²) in [6.07, 6.45) is 6.39. The van der Waals surface area contributed by atoms with Crippen LogP contribution in [0.5, 0.6) is 11.5 Å². The maximum absolute atomic E-state index is 5.35. The third-order valence-corrected chi connectivity index (χ3v) is 3.75. The summed E-state index contributed by atoms with van der Waals surface area (Å²) < 4.78 is 12.8. The second kappa shape index (κ2) is 6.18. The predicted octanol–water partition coefficient (Wildman–Crippen LogP) is 2.20. The number of methoxy groups -OCH3 is 2. The SMILES string of the molecule is COc1ccc(Cn2cncc2CNC2CC2)cc1OC. The van der Waals surface area contributed by atoms with E-state index < -0.39 is 0 Å². The standard InChI is InChI=1S/C16H21N3O2/c1-20-15-6-3-12(7-16(15)21-2)10-19-11-17-8-14(19)9-18-13-4-5-13/h3,6-8,11,13,18H,4-5,9-10H2,1-2H3. The van der Waals surface area contributed by atoms with Gasteiger partial charge in [0.25, 0.3) is 0 Å². The maximum atomic E-state index is 5.35. The summed E-state index contributed by atoms with van der Waals surface area (Å²) >= 11 is 0. The zero-order valence-corrected chi connectivity index (χ0v) is 12.5. The van der Waals surface area contributed by atoms with Crippen LogP contribution in [0.15, 0.2) is 30.7 Å². The molecule has 112 valence electrons. The normalized spacial score (nSPS) is 14.2. The summed E-state index contributed by atoms with van der Waals surface area (Å²) in [7, 11) is 3.30. The first kappa shape index (κ1) is 13.9. The summed E-state index contributed by atoms with van der Waals surface area (Å²) in [6.45, 7) is 1.65. The molecule has 1 aromatic heterocycles. The zero-order valence-electron chi connectivity index (χ0n) is 12.5. The minimum absolute atomic E-state index is 0.703. The largest absolute Gasteiger partial charge is 0.493 e. The second-order valence-electron chi connectivity index (χ2n) is 5.36. The molecule has 5 heteroatoms. The van der Waals surface area contributed by atoms with Crippen molar-refractivity contribution in [1.82, 2.24) is 14.9 Å². The monoisotopic (exact) mass is 287 g/mol. The Morgan fingerprint density at radius 2 is 2.05 bits per heavy atom. The van der Waals surface area contributed by atoms with Crippen molar-refractivity contribution in [1.29, 1.82) is 0 Å². The molecule has 0 radical (unpaired) electrons. The van der Waals surface area contributed by atoms with Crippen LogP contribution in [0.25, 0.3) is 0 Å². The van der Waals surface area contributed by atoms with Crippen LogP contribution in [-0.2, 0) is 13.1 Å². The van der Waals surface area contributed by atoms with E-state index in [-0.39, 0.29) is 0 Å². The van der Waals surface area contributed by atoms with Gasteiger partial charge in [0, 0.05) is 25.3 Å². The minimum Gasteiger partial charge on any atom is -0.493 e. The molecule has 1 aromatic carbocycles. The van der Waals surface area contributed by atoms with Crippen LogP contribution >= 0.6 is 0 Å². The highest BCUT2D eigenvalue weighted by molar-refractivity contribution is 5.43. The van der Waals surface area contributed by atoms with Gasteiger partial charge in [0.2, 0.25) is 0 Å². The van der Waals surface area contributed by atoms with Gasteiger partial charge in [0.15, 0.2) is 11.5 Å². The quantitative estimate of drug-likeness (QED) is 0.848. The topological polar surface area (TPSA) is 48.3 Å². The lowest BCUT2D eigenvalue weighted by Crippen LogP contribution is -2.18. The molecule has 21 heavy (non-hydrogen) atoms. The number of imidazole rings is 1. The number of benzene rings is 1. The number of hydrogen-bond acceptors (Lipinski definition) is 4. The predicted molar refractivity (Wildman–Crippen MR) is 80.7 cm³/mol. The Morgan fingerprint density at radius 1 is 1.24 bits per heavy atom. The number of rotatable bonds is 7. The van der Waals surface area contributed by atoms with E-state index in [1.807, 2.05) is 24.7 Å². The Kier molecular flexibility index (Phi) is 4.10. The lowest BCUT2D eigenvalue weighted by molar-refractivity contribution is 0.354. The molecule has 2 aromatic rings. The number of hydrogen-bond donors (Lipinski definition) is 1.